The van der Waals surface area contributed by atoms with E-state index in [0.717, 1.165) is 0 Å². The molecule has 0 unspecified atom stereocenters. The summed E-state index contributed by atoms with van der Waals surface area (Å²) in [6.07, 6.45) is 3.46. The summed E-state index contributed by atoms with van der Waals surface area (Å²) in [6, 6.07) is 4.93. The van der Waals surface area contributed by atoms with Crippen LogP contribution in [0.15, 0.2) is 24.3 Å². The van der Waals surface area contributed by atoms with E-state index in [0.29, 0.717) is 17.7 Å². The number of esters is 1. The third kappa shape index (κ3) is 4.01. The average molecular weight is 249 g/mol. The molecule has 1 aromatic carbocycles. The number of ether oxygens (including phenoxy) is 1. The topological polar surface area (TPSA) is 69.4 Å². The van der Waals surface area contributed by atoms with Crippen LogP contribution in [0.5, 0.6) is 0 Å². The van der Waals surface area contributed by atoms with Gasteiger partial charge in [0.1, 0.15) is 0 Å². The highest BCUT2D eigenvalue weighted by molar-refractivity contribution is 5.72. The minimum absolute atomic E-state index is 0.0771. The Balaban J connectivity index is 2.73. The highest BCUT2D eigenvalue weighted by Crippen LogP contribution is 2.20. The molecular formula is C13H15NO4. The molecule has 0 aliphatic heterocycles. The molecule has 0 saturated heterocycles. The van der Waals surface area contributed by atoms with Crippen LogP contribution in [-0.4, -0.2) is 17.5 Å². The fraction of sp³-hybridized carbons (Fsp3) is 0.308. The Kier molecular flexibility index (Phi) is 5.05. The molecule has 0 radical (unpaired) electrons. The van der Waals surface area contributed by atoms with E-state index >= 15 is 0 Å². The first-order valence-electron chi connectivity index (χ1n) is 5.61. The van der Waals surface area contributed by atoms with Crippen molar-refractivity contribution in [2.75, 3.05) is 6.61 Å². The molecule has 0 saturated carbocycles. The highest BCUT2D eigenvalue weighted by Gasteiger charge is 2.09. The molecule has 18 heavy (non-hydrogen) atoms. The summed E-state index contributed by atoms with van der Waals surface area (Å²) in [5.41, 5.74) is 1.38. The predicted molar refractivity (Wildman–Crippen MR) is 68.1 cm³/mol. The fourth-order valence-electron chi connectivity index (χ4n) is 1.44. The maximum Gasteiger partial charge on any atom is 0.309 e. The van der Waals surface area contributed by atoms with Crippen LogP contribution in [0.4, 0.5) is 5.69 Å². The zero-order valence-electron chi connectivity index (χ0n) is 10.4. The molecule has 0 aliphatic carbocycles. The molecule has 0 bridgehead atoms. The Labute approximate surface area is 105 Å². The van der Waals surface area contributed by atoms with Gasteiger partial charge in [-0.15, -0.1) is 0 Å². The van der Waals surface area contributed by atoms with Crippen LogP contribution in [-0.2, 0) is 9.53 Å². The van der Waals surface area contributed by atoms with Gasteiger partial charge in [-0.25, -0.2) is 0 Å². The van der Waals surface area contributed by atoms with Crippen LogP contribution in [0, 0.1) is 17.0 Å². The van der Waals surface area contributed by atoms with Crippen molar-refractivity contribution < 1.29 is 14.5 Å². The Morgan fingerprint density at radius 1 is 1.50 bits per heavy atom. The molecule has 0 N–H and O–H groups in total. The molecule has 0 amide bonds. The van der Waals surface area contributed by atoms with E-state index in [1.807, 2.05) is 0 Å². The number of rotatable bonds is 5. The zero-order valence-corrected chi connectivity index (χ0v) is 10.4. The van der Waals surface area contributed by atoms with Crippen molar-refractivity contribution in [2.24, 2.45) is 0 Å². The first-order chi connectivity index (χ1) is 8.54. The van der Waals surface area contributed by atoms with Crippen molar-refractivity contribution in [1.29, 1.82) is 0 Å². The largest absolute Gasteiger partial charge is 0.466 e. The summed E-state index contributed by atoms with van der Waals surface area (Å²) in [5, 5.41) is 10.7. The van der Waals surface area contributed by atoms with Crippen molar-refractivity contribution in [3.05, 3.63) is 45.5 Å². The van der Waals surface area contributed by atoms with E-state index in [1.54, 1.807) is 38.1 Å². The van der Waals surface area contributed by atoms with E-state index in [2.05, 4.69) is 0 Å². The molecular weight excluding hydrogens is 234 g/mol. The molecule has 96 valence electrons. The quantitative estimate of drug-likeness (QED) is 0.457. The lowest BCUT2D eigenvalue weighted by atomic mass is 10.1. The molecule has 1 aromatic rings. The number of nitro benzene ring substituents is 1. The number of hydrogen-bond donors (Lipinski definition) is 0. The van der Waals surface area contributed by atoms with E-state index < -0.39 is 4.92 Å². The number of hydrogen-bond acceptors (Lipinski definition) is 4. The molecule has 0 spiro atoms. The minimum Gasteiger partial charge on any atom is -0.466 e. The average Bonchev–Trinajstić information content (AvgIpc) is 2.31. The summed E-state index contributed by atoms with van der Waals surface area (Å²) in [4.78, 5) is 21.4. The molecule has 0 fully saturated rings. The van der Waals surface area contributed by atoms with Gasteiger partial charge in [0.05, 0.1) is 18.0 Å². The van der Waals surface area contributed by atoms with Gasteiger partial charge in [0.15, 0.2) is 0 Å². The van der Waals surface area contributed by atoms with Crippen LogP contribution in [0.25, 0.3) is 6.08 Å². The second-order valence-corrected chi connectivity index (χ2v) is 3.71. The number of benzene rings is 1. The lowest BCUT2D eigenvalue weighted by Crippen LogP contribution is -2.01. The van der Waals surface area contributed by atoms with E-state index in [1.165, 1.54) is 6.07 Å². The van der Waals surface area contributed by atoms with Gasteiger partial charge >= 0.3 is 5.97 Å². The SMILES string of the molecule is CCOC(=O)CC=Cc1ccc(C)c([N+](=O)[O-])c1. The summed E-state index contributed by atoms with van der Waals surface area (Å²) >= 11 is 0. The monoisotopic (exact) mass is 249 g/mol. The summed E-state index contributed by atoms with van der Waals surface area (Å²) in [5.74, 6) is -0.310. The van der Waals surface area contributed by atoms with Gasteiger partial charge in [-0.3, -0.25) is 14.9 Å². The second-order valence-electron chi connectivity index (χ2n) is 3.71. The van der Waals surface area contributed by atoms with Crippen molar-refractivity contribution in [2.45, 2.75) is 20.3 Å². The number of carbonyl (C=O) groups excluding carboxylic acids is 1. The molecule has 0 aromatic heterocycles. The normalized spacial score (nSPS) is 10.6. The Morgan fingerprint density at radius 3 is 2.83 bits per heavy atom. The van der Waals surface area contributed by atoms with Crippen LogP contribution >= 0.6 is 0 Å². The molecule has 5 nitrogen and oxygen atoms in total. The van der Waals surface area contributed by atoms with Gasteiger partial charge in [0.2, 0.25) is 0 Å². The summed E-state index contributed by atoms with van der Waals surface area (Å²) in [7, 11) is 0. The maximum absolute atomic E-state index is 11.1. The van der Waals surface area contributed by atoms with Gasteiger partial charge in [-0.05, 0) is 19.4 Å². The number of nitro groups is 1. The molecule has 0 heterocycles. The maximum atomic E-state index is 11.1. The first kappa shape index (κ1) is 13.9. The van der Waals surface area contributed by atoms with Gasteiger partial charge in [-0.2, -0.15) is 0 Å². The summed E-state index contributed by atoms with van der Waals surface area (Å²) in [6.45, 7) is 3.78. The van der Waals surface area contributed by atoms with Crippen molar-refractivity contribution in [3.8, 4) is 0 Å². The number of nitrogens with zero attached hydrogens (tertiary/aromatic N) is 1. The Morgan fingerprint density at radius 2 is 2.22 bits per heavy atom. The van der Waals surface area contributed by atoms with E-state index in [9.17, 15) is 14.9 Å². The van der Waals surface area contributed by atoms with Gasteiger partial charge in [0, 0.05) is 11.6 Å². The highest BCUT2D eigenvalue weighted by atomic mass is 16.6. The Hall–Kier alpha value is -2.17. The summed E-state index contributed by atoms with van der Waals surface area (Å²) < 4.78 is 4.76. The third-order valence-corrected chi connectivity index (χ3v) is 2.33. The number of aryl methyl sites for hydroxylation is 1. The van der Waals surface area contributed by atoms with E-state index in [4.69, 9.17) is 4.74 Å². The van der Waals surface area contributed by atoms with Crippen LogP contribution in [0.1, 0.15) is 24.5 Å². The molecule has 1 rings (SSSR count). The smallest absolute Gasteiger partial charge is 0.309 e. The van der Waals surface area contributed by atoms with Gasteiger partial charge < -0.3 is 4.74 Å². The van der Waals surface area contributed by atoms with Gasteiger partial charge in [0.25, 0.3) is 5.69 Å². The van der Waals surface area contributed by atoms with Crippen molar-refractivity contribution >= 4 is 17.7 Å². The molecule has 5 heteroatoms. The zero-order chi connectivity index (χ0) is 13.5. The Bertz CT molecular complexity index is 480. The van der Waals surface area contributed by atoms with Crippen molar-refractivity contribution in [1.82, 2.24) is 0 Å². The lowest BCUT2D eigenvalue weighted by molar-refractivity contribution is -0.385. The molecule has 0 aliphatic rings. The number of carbonyl (C=O) groups is 1. The third-order valence-electron chi connectivity index (χ3n) is 2.33. The predicted octanol–water partition coefficient (Wildman–Crippen LogP) is 2.87. The van der Waals surface area contributed by atoms with Gasteiger partial charge in [-0.1, -0.05) is 24.3 Å². The van der Waals surface area contributed by atoms with Crippen LogP contribution < -0.4 is 0 Å². The second kappa shape index (κ2) is 6.54. The van der Waals surface area contributed by atoms with Crippen LogP contribution in [0.2, 0.25) is 0 Å². The van der Waals surface area contributed by atoms with Crippen molar-refractivity contribution in [3.63, 3.8) is 0 Å². The first-order valence-corrected chi connectivity index (χ1v) is 5.61. The van der Waals surface area contributed by atoms with Crippen LogP contribution in [0.3, 0.4) is 0 Å². The standard InChI is InChI=1S/C13H15NO4/c1-3-18-13(15)6-4-5-11-8-7-10(2)12(9-11)14(16)17/h4-5,7-9H,3,6H2,1-2H3. The molecule has 0 atom stereocenters. The van der Waals surface area contributed by atoms with E-state index in [-0.39, 0.29) is 18.1 Å². The lowest BCUT2D eigenvalue weighted by Gasteiger charge is -1.99. The minimum atomic E-state index is -0.419. The fourth-order valence-corrected chi connectivity index (χ4v) is 1.44.